The van der Waals surface area contributed by atoms with Crippen molar-refractivity contribution >= 4 is 27.6 Å². The van der Waals surface area contributed by atoms with E-state index in [0.717, 1.165) is 24.3 Å². The van der Waals surface area contributed by atoms with Crippen molar-refractivity contribution in [3.8, 4) is 5.75 Å². The number of carbonyl (C=O) groups is 3. The molecule has 2 aromatic carbocycles. The minimum Gasteiger partial charge on any atom is -0.497 e. The maximum absolute atomic E-state index is 13.3. The summed E-state index contributed by atoms with van der Waals surface area (Å²) in [5, 5.41) is 0.393. The summed E-state index contributed by atoms with van der Waals surface area (Å²) in [7, 11) is -2.94. The topological polar surface area (TPSA) is 113 Å². The quantitative estimate of drug-likeness (QED) is 0.623. The fourth-order valence-electron chi connectivity index (χ4n) is 3.38. The Labute approximate surface area is 191 Å². The molecule has 0 spiro atoms. The predicted octanol–water partition coefficient (Wildman–Crippen LogP) is 1.05. The van der Waals surface area contributed by atoms with Gasteiger partial charge in [0.2, 0.25) is 21.1 Å². The number of nitrogens with zero attached hydrogens (tertiary/aromatic N) is 2. The van der Waals surface area contributed by atoms with Crippen LogP contribution in [0, 0.1) is 5.82 Å². The zero-order valence-corrected chi connectivity index (χ0v) is 19.0. The number of hydrogen-bond acceptors (Lipinski definition) is 6. The van der Waals surface area contributed by atoms with Crippen LogP contribution in [0.2, 0.25) is 0 Å². The Bertz CT molecular complexity index is 1130. The van der Waals surface area contributed by atoms with Crippen LogP contribution in [0.25, 0.3) is 0 Å². The van der Waals surface area contributed by atoms with E-state index in [1.54, 1.807) is 4.90 Å². The van der Waals surface area contributed by atoms with E-state index in [9.17, 15) is 27.2 Å². The second-order valence-electron chi connectivity index (χ2n) is 7.41. The van der Waals surface area contributed by atoms with Gasteiger partial charge < -0.3 is 19.9 Å². The summed E-state index contributed by atoms with van der Waals surface area (Å²) in [6.45, 7) is 2.14. The van der Waals surface area contributed by atoms with Crippen molar-refractivity contribution in [2.45, 2.75) is 17.2 Å². The molecule has 0 unspecified atom stereocenters. The first-order valence-electron chi connectivity index (χ1n) is 10.1. The monoisotopic (exact) mass is 477 g/mol. The smallest absolute Gasteiger partial charge is 0.261 e. The van der Waals surface area contributed by atoms with Gasteiger partial charge in [0, 0.05) is 38.7 Å². The lowest BCUT2D eigenvalue weighted by atomic mass is 10.2. The molecule has 1 atom stereocenters. The van der Waals surface area contributed by atoms with E-state index in [1.807, 2.05) is 0 Å². The number of ether oxygens (including phenoxy) is 1. The number of methoxy groups -OCH3 is 1. The molecule has 0 saturated carbocycles. The van der Waals surface area contributed by atoms with Gasteiger partial charge in [-0.25, -0.2) is 12.8 Å². The van der Waals surface area contributed by atoms with Gasteiger partial charge >= 0.3 is 0 Å². The number of rotatable bonds is 6. The van der Waals surface area contributed by atoms with Gasteiger partial charge in [0.05, 0.1) is 12.0 Å². The molecule has 1 N–H and O–H groups in total. The lowest BCUT2D eigenvalue weighted by Gasteiger charge is -2.36. The Balaban J connectivity index is 1.90. The van der Waals surface area contributed by atoms with Gasteiger partial charge in [-0.15, -0.1) is 0 Å². The van der Waals surface area contributed by atoms with Crippen LogP contribution in [0.1, 0.15) is 17.3 Å². The van der Waals surface area contributed by atoms with Crippen molar-refractivity contribution < 1.29 is 31.9 Å². The van der Waals surface area contributed by atoms with Gasteiger partial charge in [0.15, 0.2) is 0 Å². The molecule has 0 radical (unpaired) electrons. The molecule has 176 valence electrons. The number of halogens is 1. The summed E-state index contributed by atoms with van der Waals surface area (Å²) in [6, 6.07) is 9.94. The second-order valence-corrected chi connectivity index (χ2v) is 9.45. The van der Waals surface area contributed by atoms with Crippen LogP contribution in [0.4, 0.5) is 4.39 Å². The Kier molecular flexibility index (Phi) is 7.32. The van der Waals surface area contributed by atoms with E-state index in [0.29, 0.717) is 5.75 Å². The zero-order chi connectivity index (χ0) is 24.2. The van der Waals surface area contributed by atoms with Crippen LogP contribution >= 0.6 is 0 Å². The molecule has 1 aliphatic rings. The highest BCUT2D eigenvalue weighted by Crippen LogP contribution is 2.19. The maximum Gasteiger partial charge on any atom is 0.261 e. The number of sulfone groups is 1. The number of amides is 3. The molecule has 1 saturated heterocycles. The lowest BCUT2D eigenvalue weighted by Crippen LogP contribution is -2.57. The van der Waals surface area contributed by atoms with Crippen LogP contribution in [0.3, 0.4) is 0 Å². The van der Waals surface area contributed by atoms with E-state index in [4.69, 9.17) is 4.74 Å². The van der Waals surface area contributed by atoms with Gasteiger partial charge in [0.1, 0.15) is 11.6 Å². The molecular weight excluding hydrogens is 453 g/mol. The first-order chi connectivity index (χ1) is 15.6. The number of nitrogens with one attached hydrogen (secondary N) is 1. The number of carbonyl (C=O) groups excluding carboxylic acids is 3. The minimum absolute atomic E-state index is 0.117. The van der Waals surface area contributed by atoms with Crippen LogP contribution in [0.5, 0.6) is 5.75 Å². The average molecular weight is 478 g/mol. The molecule has 11 heteroatoms. The molecule has 0 aromatic heterocycles. The Morgan fingerprint density at radius 3 is 2.00 bits per heavy atom. The fraction of sp³-hybridized carbons (Fsp3) is 0.318. The molecule has 1 heterocycles. The summed E-state index contributed by atoms with van der Waals surface area (Å²) >= 11 is 0. The fourth-order valence-corrected chi connectivity index (χ4v) is 4.85. The van der Waals surface area contributed by atoms with Gasteiger partial charge in [-0.05, 0) is 48.5 Å². The molecule has 0 bridgehead atoms. The lowest BCUT2D eigenvalue weighted by molar-refractivity contribution is -0.138. The molecular formula is C22H24FN3O6S. The molecule has 1 aliphatic heterocycles. The maximum atomic E-state index is 13.3. The molecule has 2 aromatic rings. The molecule has 1 fully saturated rings. The zero-order valence-electron chi connectivity index (χ0n) is 18.2. The first kappa shape index (κ1) is 24.2. The number of piperazine rings is 1. The normalized spacial score (nSPS) is 15.0. The number of hydrogen-bond donors (Lipinski definition) is 1. The Morgan fingerprint density at radius 1 is 0.939 bits per heavy atom. The third kappa shape index (κ3) is 5.48. The summed E-state index contributed by atoms with van der Waals surface area (Å²) in [5.74, 6) is -1.89. The van der Waals surface area contributed by atoms with E-state index < -0.39 is 32.8 Å². The van der Waals surface area contributed by atoms with E-state index in [-0.39, 0.29) is 42.5 Å². The van der Waals surface area contributed by atoms with E-state index in [2.05, 4.69) is 5.32 Å². The first-order valence-corrected chi connectivity index (χ1v) is 11.7. The van der Waals surface area contributed by atoms with Gasteiger partial charge in [-0.3, -0.25) is 14.4 Å². The van der Waals surface area contributed by atoms with Crippen LogP contribution in [-0.2, 0) is 19.4 Å². The van der Waals surface area contributed by atoms with Gasteiger partial charge in [0.25, 0.3) is 11.8 Å². The van der Waals surface area contributed by atoms with Crippen molar-refractivity contribution in [3.63, 3.8) is 0 Å². The van der Waals surface area contributed by atoms with Crippen molar-refractivity contribution in [2.75, 3.05) is 33.3 Å². The summed E-state index contributed by atoms with van der Waals surface area (Å²) in [6.07, 6.45) is 0. The van der Waals surface area contributed by atoms with Crippen molar-refractivity contribution in [1.29, 1.82) is 0 Å². The number of benzene rings is 2. The van der Waals surface area contributed by atoms with Crippen LogP contribution < -0.4 is 10.1 Å². The van der Waals surface area contributed by atoms with Crippen molar-refractivity contribution in [3.05, 3.63) is 59.9 Å². The summed E-state index contributed by atoms with van der Waals surface area (Å²) in [4.78, 5) is 40.2. The third-order valence-electron chi connectivity index (χ3n) is 5.33. The molecule has 3 amide bonds. The van der Waals surface area contributed by atoms with Gasteiger partial charge in [-0.1, -0.05) is 0 Å². The van der Waals surface area contributed by atoms with E-state index >= 15 is 0 Å². The molecule has 3 rings (SSSR count). The third-order valence-corrected chi connectivity index (χ3v) is 7.20. The van der Waals surface area contributed by atoms with Crippen LogP contribution in [-0.4, -0.2) is 74.6 Å². The SMILES string of the molecule is COc1ccc(C(=O)N[C@H](C(=O)N2CCN(C(C)=O)CC2)S(=O)(=O)c2ccc(F)cc2)cc1. The van der Waals surface area contributed by atoms with E-state index in [1.165, 1.54) is 43.2 Å². The standard InChI is InChI=1S/C22H24FN3O6S/c1-15(27)25-11-13-26(14-12-25)22(29)21(33(30,31)19-9-5-17(23)6-10-19)24-20(28)16-3-7-18(32-2)8-4-16/h3-10,21H,11-14H2,1-2H3,(H,24,28)/t21-/m0/s1. The highest BCUT2D eigenvalue weighted by Gasteiger charge is 2.39. The minimum atomic E-state index is -4.41. The highest BCUT2D eigenvalue weighted by molar-refractivity contribution is 7.92. The van der Waals surface area contributed by atoms with Gasteiger partial charge in [-0.2, -0.15) is 0 Å². The van der Waals surface area contributed by atoms with Crippen molar-refractivity contribution in [1.82, 2.24) is 15.1 Å². The summed E-state index contributed by atoms with van der Waals surface area (Å²) < 4.78 is 45.0. The Hall–Kier alpha value is -3.47. The summed E-state index contributed by atoms with van der Waals surface area (Å²) in [5.41, 5.74) is 0.129. The molecule has 33 heavy (non-hydrogen) atoms. The second kappa shape index (κ2) is 9.99. The molecule has 9 nitrogen and oxygen atoms in total. The predicted molar refractivity (Wildman–Crippen MR) is 117 cm³/mol. The molecule has 0 aliphatic carbocycles. The average Bonchev–Trinajstić information content (AvgIpc) is 2.82. The highest BCUT2D eigenvalue weighted by atomic mass is 32.2. The van der Waals surface area contributed by atoms with Crippen molar-refractivity contribution in [2.24, 2.45) is 0 Å². The Morgan fingerprint density at radius 2 is 1.48 bits per heavy atom. The largest absolute Gasteiger partial charge is 0.497 e. The van der Waals surface area contributed by atoms with Crippen LogP contribution in [0.15, 0.2) is 53.4 Å².